The molecule has 3 fully saturated rings. The molecule has 1 aromatic rings. The maximum atomic E-state index is 5.54. The van der Waals surface area contributed by atoms with Crippen molar-refractivity contribution in [2.45, 2.75) is 69.1 Å². The van der Waals surface area contributed by atoms with E-state index in [-0.39, 0.29) is 0 Å². The van der Waals surface area contributed by atoms with Gasteiger partial charge in [0.25, 0.3) is 0 Å². The van der Waals surface area contributed by atoms with Crippen LogP contribution >= 0.6 is 12.2 Å². The number of thiocarbonyl (C=S) groups is 1. The maximum Gasteiger partial charge on any atom is 0.170 e. The van der Waals surface area contributed by atoms with Gasteiger partial charge < -0.3 is 15.4 Å². The van der Waals surface area contributed by atoms with Gasteiger partial charge in [-0.1, -0.05) is 6.42 Å². The van der Waals surface area contributed by atoms with Crippen LogP contribution in [-0.2, 0) is 0 Å². The van der Waals surface area contributed by atoms with Gasteiger partial charge in [-0.15, -0.1) is 0 Å². The Morgan fingerprint density at radius 2 is 1.71 bits per heavy atom. The van der Waals surface area contributed by atoms with Crippen LogP contribution in [0.1, 0.15) is 44.9 Å². The summed E-state index contributed by atoms with van der Waals surface area (Å²) in [7, 11) is 1.68. The van der Waals surface area contributed by atoms with E-state index in [0.717, 1.165) is 34.7 Å². The number of nitrogens with zero attached hydrogens (tertiary/aromatic N) is 1. The molecule has 2 aliphatic heterocycles. The normalized spacial score (nSPS) is 29.8. The molecule has 2 bridgehead atoms. The molecule has 24 heavy (non-hydrogen) atoms. The molecule has 4 rings (SSSR count). The Kier molecular flexibility index (Phi) is 4.63. The third-order valence-electron chi connectivity index (χ3n) is 5.68. The fraction of sp³-hybridized carbons (Fsp3) is 0.632. The molecule has 3 aliphatic rings. The summed E-state index contributed by atoms with van der Waals surface area (Å²) in [5.74, 6) is 0.861. The summed E-state index contributed by atoms with van der Waals surface area (Å²) in [5.41, 5.74) is 1.00. The van der Waals surface area contributed by atoms with Gasteiger partial charge in [-0.3, -0.25) is 4.90 Å². The number of nitrogens with one attached hydrogen (secondary N) is 2. The number of ether oxygens (including phenoxy) is 1. The Labute approximate surface area is 149 Å². The average molecular weight is 346 g/mol. The van der Waals surface area contributed by atoms with Crippen LogP contribution in [0.5, 0.6) is 5.75 Å². The number of rotatable bonds is 4. The van der Waals surface area contributed by atoms with Crippen molar-refractivity contribution in [3.05, 3.63) is 24.3 Å². The molecule has 0 unspecified atom stereocenters. The Bertz CT molecular complexity index is 573. The highest BCUT2D eigenvalue weighted by molar-refractivity contribution is 7.80. The van der Waals surface area contributed by atoms with Gasteiger partial charge in [0.1, 0.15) is 5.75 Å². The predicted molar refractivity (Wildman–Crippen MR) is 102 cm³/mol. The summed E-state index contributed by atoms with van der Waals surface area (Å²) in [6, 6.07) is 10.8. The van der Waals surface area contributed by atoms with Crippen molar-refractivity contribution >= 4 is 23.0 Å². The first kappa shape index (κ1) is 16.2. The van der Waals surface area contributed by atoms with E-state index in [2.05, 4.69) is 15.5 Å². The van der Waals surface area contributed by atoms with Crippen LogP contribution in [0.25, 0.3) is 0 Å². The molecule has 0 radical (unpaired) electrons. The zero-order valence-electron chi connectivity index (χ0n) is 14.3. The van der Waals surface area contributed by atoms with E-state index in [1.165, 1.54) is 44.9 Å². The Hall–Kier alpha value is -1.33. The van der Waals surface area contributed by atoms with Crippen molar-refractivity contribution in [3.8, 4) is 5.75 Å². The van der Waals surface area contributed by atoms with Crippen molar-refractivity contribution in [1.29, 1.82) is 0 Å². The molecule has 1 aromatic carbocycles. The van der Waals surface area contributed by atoms with Crippen molar-refractivity contribution in [3.63, 3.8) is 0 Å². The number of piperidine rings is 2. The van der Waals surface area contributed by atoms with Crippen molar-refractivity contribution in [2.75, 3.05) is 12.4 Å². The number of hydrogen-bond acceptors (Lipinski definition) is 3. The minimum absolute atomic E-state index is 0.508. The molecule has 130 valence electrons. The van der Waals surface area contributed by atoms with E-state index >= 15 is 0 Å². The lowest BCUT2D eigenvalue weighted by Gasteiger charge is -2.49. The van der Waals surface area contributed by atoms with Crippen LogP contribution in [0.15, 0.2) is 24.3 Å². The second-order valence-electron chi connectivity index (χ2n) is 7.41. The first-order valence-corrected chi connectivity index (χ1v) is 9.63. The van der Waals surface area contributed by atoms with E-state index in [4.69, 9.17) is 17.0 Å². The highest BCUT2D eigenvalue weighted by Crippen LogP contribution is 2.41. The second kappa shape index (κ2) is 6.89. The third kappa shape index (κ3) is 3.52. The number of benzene rings is 1. The number of fused-ring (bicyclic) bond motifs is 2. The molecule has 0 spiro atoms. The van der Waals surface area contributed by atoms with Crippen LogP contribution in [0, 0.1) is 0 Å². The molecule has 2 saturated heterocycles. The first-order chi connectivity index (χ1) is 11.7. The van der Waals surface area contributed by atoms with Gasteiger partial charge in [-0.2, -0.15) is 0 Å². The van der Waals surface area contributed by atoms with Gasteiger partial charge in [0, 0.05) is 29.9 Å². The van der Waals surface area contributed by atoms with Gasteiger partial charge in [-0.25, -0.2) is 0 Å². The molecule has 2 N–H and O–H groups in total. The summed E-state index contributed by atoms with van der Waals surface area (Å²) in [6.45, 7) is 0. The molecule has 0 amide bonds. The topological polar surface area (TPSA) is 36.5 Å². The van der Waals surface area contributed by atoms with E-state index in [9.17, 15) is 0 Å². The van der Waals surface area contributed by atoms with E-state index in [1.807, 2.05) is 24.3 Å². The maximum absolute atomic E-state index is 5.54. The molecular formula is C19H27N3OS. The van der Waals surface area contributed by atoms with Gasteiger partial charge in [0.05, 0.1) is 7.11 Å². The molecule has 1 aliphatic carbocycles. The Balaban J connectivity index is 1.32. The molecule has 1 saturated carbocycles. The minimum Gasteiger partial charge on any atom is -0.497 e. The van der Waals surface area contributed by atoms with E-state index in [1.54, 1.807) is 7.11 Å². The molecular weight excluding hydrogens is 318 g/mol. The quantitative estimate of drug-likeness (QED) is 0.817. The van der Waals surface area contributed by atoms with Crippen molar-refractivity contribution in [2.24, 2.45) is 0 Å². The standard InChI is InChI=1S/C19H27N3OS/c1-23-18-9-5-13(6-10-18)20-19(24)21-14-11-16-3-2-4-17(12-14)22(16)15-7-8-15/h5-6,9-10,14-17H,2-4,7-8,11-12H2,1H3,(H2,20,21,24)/t16-,17-/m1/s1. The molecule has 5 heteroatoms. The lowest BCUT2D eigenvalue weighted by molar-refractivity contribution is 0.0209. The first-order valence-electron chi connectivity index (χ1n) is 9.22. The summed E-state index contributed by atoms with van der Waals surface area (Å²) in [6.07, 6.45) is 9.44. The fourth-order valence-electron chi connectivity index (χ4n) is 4.53. The summed E-state index contributed by atoms with van der Waals surface area (Å²) >= 11 is 5.54. The average Bonchev–Trinajstić information content (AvgIpc) is 3.39. The summed E-state index contributed by atoms with van der Waals surface area (Å²) in [4.78, 5) is 2.85. The summed E-state index contributed by atoms with van der Waals surface area (Å²) < 4.78 is 5.19. The Morgan fingerprint density at radius 1 is 1.04 bits per heavy atom. The third-order valence-corrected chi connectivity index (χ3v) is 5.90. The predicted octanol–water partition coefficient (Wildman–Crippen LogP) is 3.53. The molecule has 4 nitrogen and oxygen atoms in total. The largest absolute Gasteiger partial charge is 0.497 e. The van der Waals surface area contributed by atoms with Gasteiger partial charge in [-0.05, 0) is 75.0 Å². The lowest BCUT2D eigenvalue weighted by atomic mass is 9.81. The zero-order chi connectivity index (χ0) is 16.5. The van der Waals surface area contributed by atoms with Crippen molar-refractivity contribution in [1.82, 2.24) is 10.2 Å². The summed E-state index contributed by atoms with van der Waals surface area (Å²) in [5, 5.41) is 7.61. The van der Waals surface area contributed by atoms with Crippen LogP contribution in [0.4, 0.5) is 5.69 Å². The van der Waals surface area contributed by atoms with E-state index in [0.29, 0.717) is 6.04 Å². The highest BCUT2D eigenvalue weighted by atomic mass is 32.1. The van der Waals surface area contributed by atoms with E-state index < -0.39 is 0 Å². The number of hydrogen-bond donors (Lipinski definition) is 2. The number of methoxy groups -OCH3 is 1. The molecule has 2 heterocycles. The van der Waals surface area contributed by atoms with Gasteiger partial charge in [0.15, 0.2) is 5.11 Å². The molecule has 2 atom stereocenters. The molecule has 0 aromatic heterocycles. The van der Waals surface area contributed by atoms with Crippen LogP contribution in [0.2, 0.25) is 0 Å². The van der Waals surface area contributed by atoms with Crippen molar-refractivity contribution < 1.29 is 4.74 Å². The monoisotopic (exact) mass is 345 g/mol. The van der Waals surface area contributed by atoms with Crippen LogP contribution in [-0.4, -0.2) is 41.3 Å². The highest BCUT2D eigenvalue weighted by Gasteiger charge is 2.44. The van der Waals surface area contributed by atoms with Crippen LogP contribution < -0.4 is 15.4 Å². The van der Waals surface area contributed by atoms with Crippen LogP contribution in [0.3, 0.4) is 0 Å². The zero-order valence-corrected chi connectivity index (χ0v) is 15.1. The Morgan fingerprint density at radius 3 is 2.29 bits per heavy atom. The fourth-order valence-corrected chi connectivity index (χ4v) is 4.82. The lowest BCUT2D eigenvalue weighted by Crippen LogP contribution is -2.57. The van der Waals surface area contributed by atoms with Gasteiger partial charge >= 0.3 is 0 Å². The minimum atomic E-state index is 0.508. The smallest absolute Gasteiger partial charge is 0.170 e. The second-order valence-corrected chi connectivity index (χ2v) is 7.82. The van der Waals surface area contributed by atoms with Gasteiger partial charge in [0.2, 0.25) is 0 Å². The number of anilines is 1. The SMILES string of the molecule is COc1ccc(NC(=S)NC2C[C@H]3CCC[C@H](C2)N3C2CC2)cc1.